The van der Waals surface area contributed by atoms with Gasteiger partial charge in [-0.05, 0) is 17.7 Å². The minimum absolute atomic E-state index is 0.379. The van der Waals surface area contributed by atoms with Crippen LogP contribution in [0.1, 0.15) is 17.4 Å². The molecule has 0 saturated heterocycles. The Labute approximate surface area is 152 Å². The number of nitrogens with zero attached hydrogens (tertiary/aromatic N) is 4. The fourth-order valence-electron chi connectivity index (χ4n) is 3.20. The van der Waals surface area contributed by atoms with Crippen molar-refractivity contribution in [2.75, 3.05) is 14.1 Å². The molecule has 1 unspecified atom stereocenters. The summed E-state index contributed by atoms with van der Waals surface area (Å²) in [4.78, 5) is 13.1. The molecule has 2 N–H and O–H groups in total. The van der Waals surface area contributed by atoms with E-state index in [-0.39, 0.29) is 6.17 Å². The molecule has 4 rings (SSSR count). The van der Waals surface area contributed by atoms with E-state index in [1.807, 2.05) is 72.4 Å². The molecule has 0 spiro atoms. The van der Waals surface area contributed by atoms with E-state index in [0.717, 1.165) is 28.3 Å². The molecular formula is C20H21N5O. The van der Waals surface area contributed by atoms with Gasteiger partial charge in [0.2, 0.25) is 11.8 Å². The van der Waals surface area contributed by atoms with E-state index in [1.165, 1.54) is 0 Å². The van der Waals surface area contributed by atoms with Gasteiger partial charge in [-0.25, -0.2) is 0 Å². The van der Waals surface area contributed by atoms with Crippen LogP contribution in [0.2, 0.25) is 0 Å². The number of furan rings is 1. The molecule has 1 aromatic carbocycles. The van der Waals surface area contributed by atoms with Crippen molar-refractivity contribution in [1.29, 1.82) is 0 Å². The van der Waals surface area contributed by atoms with Crippen LogP contribution in [0.4, 0.5) is 5.88 Å². The van der Waals surface area contributed by atoms with Gasteiger partial charge in [-0.1, -0.05) is 36.4 Å². The fraction of sp³-hybridized carbons (Fsp3) is 0.200. The van der Waals surface area contributed by atoms with Crippen LogP contribution >= 0.6 is 0 Å². The lowest BCUT2D eigenvalue weighted by Crippen LogP contribution is -2.47. The standard InChI is InChI=1S/C20H21N5O/c1-24(2)20-23-19-17(16(13-26-19)14-8-4-3-5-9-14)18(21)25(20)12-15-10-6-7-11-22-15/h3-11,13,18H,12,21H2,1-2H3. The minimum atomic E-state index is -0.379. The summed E-state index contributed by atoms with van der Waals surface area (Å²) in [6.07, 6.45) is 3.15. The number of hydrogen-bond acceptors (Lipinski definition) is 6. The van der Waals surface area contributed by atoms with E-state index in [1.54, 1.807) is 12.5 Å². The number of aromatic nitrogens is 1. The van der Waals surface area contributed by atoms with Gasteiger partial charge in [0, 0.05) is 25.9 Å². The summed E-state index contributed by atoms with van der Waals surface area (Å²) in [6, 6.07) is 16.0. The maximum Gasteiger partial charge on any atom is 0.229 e. The first-order chi connectivity index (χ1) is 12.6. The Bertz CT molecular complexity index is 918. The molecule has 2 aromatic heterocycles. The van der Waals surface area contributed by atoms with E-state index in [4.69, 9.17) is 15.1 Å². The van der Waals surface area contributed by atoms with Gasteiger partial charge in [-0.3, -0.25) is 4.98 Å². The molecular weight excluding hydrogens is 326 g/mol. The Morgan fingerprint density at radius 1 is 1.12 bits per heavy atom. The van der Waals surface area contributed by atoms with Crippen LogP contribution in [0.15, 0.2) is 70.4 Å². The quantitative estimate of drug-likeness (QED) is 0.786. The van der Waals surface area contributed by atoms with Crippen LogP contribution in [0, 0.1) is 0 Å². The lowest BCUT2D eigenvalue weighted by atomic mass is 10.0. The summed E-state index contributed by atoms with van der Waals surface area (Å²) in [5.41, 5.74) is 10.6. The molecule has 1 aliphatic heterocycles. The van der Waals surface area contributed by atoms with Crippen LogP contribution in [-0.2, 0) is 6.54 Å². The number of fused-ring (bicyclic) bond motifs is 1. The molecule has 0 amide bonds. The Hall–Kier alpha value is -3.12. The van der Waals surface area contributed by atoms with Gasteiger partial charge in [0.25, 0.3) is 0 Å². The highest BCUT2D eigenvalue weighted by Crippen LogP contribution is 2.41. The summed E-state index contributed by atoms with van der Waals surface area (Å²) < 4.78 is 5.75. The second-order valence-electron chi connectivity index (χ2n) is 6.43. The van der Waals surface area contributed by atoms with Crippen molar-refractivity contribution in [1.82, 2.24) is 14.8 Å². The van der Waals surface area contributed by atoms with Crippen LogP contribution in [0.25, 0.3) is 11.1 Å². The molecule has 3 aromatic rings. The predicted octanol–water partition coefficient (Wildman–Crippen LogP) is 3.36. The van der Waals surface area contributed by atoms with Crippen molar-refractivity contribution in [3.05, 3.63) is 72.2 Å². The van der Waals surface area contributed by atoms with Gasteiger partial charge in [-0.15, -0.1) is 0 Å². The number of guanidine groups is 1. The Balaban J connectivity index is 1.78. The Kier molecular flexibility index (Phi) is 4.18. The Morgan fingerprint density at radius 2 is 1.88 bits per heavy atom. The van der Waals surface area contributed by atoms with E-state index >= 15 is 0 Å². The first-order valence-corrected chi connectivity index (χ1v) is 8.50. The second kappa shape index (κ2) is 6.65. The molecule has 0 bridgehead atoms. The van der Waals surface area contributed by atoms with Crippen molar-refractivity contribution < 1.29 is 4.42 Å². The molecule has 1 aliphatic rings. The number of benzene rings is 1. The molecule has 0 saturated carbocycles. The highest BCUT2D eigenvalue weighted by atomic mass is 16.3. The van der Waals surface area contributed by atoms with Gasteiger partial charge in [0.1, 0.15) is 12.4 Å². The molecule has 0 aliphatic carbocycles. The van der Waals surface area contributed by atoms with Crippen molar-refractivity contribution in [3.8, 4) is 11.1 Å². The van der Waals surface area contributed by atoms with Crippen molar-refractivity contribution in [2.45, 2.75) is 12.7 Å². The van der Waals surface area contributed by atoms with E-state index < -0.39 is 0 Å². The third-order valence-corrected chi connectivity index (χ3v) is 4.44. The first kappa shape index (κ1) is 16.4. The molecule has 6 heteroatoms. The number of pyridine rings is 1. The number of nitrogens with two attached hydrogens (primary N) is 1. The topological polar surface area (TPSA) is 70.9 Å². The van der Waals surface area contributed by atoms with Crippen LogP contribution < -0.4 is 5.73 Å². The number of aliphatic imine (C=N–C) groups is 1. The van der Waals surface area contributed by atoms with Crippen LogP contribution in [0.3, 0.4) is 0 Å². The van der Waals surface area contributed by atoms with Crippen molar-refractivity contribution >= 4 is 11.8 Å². The van der Waals surface area contributed by atoms with Crippen molar-refractivity contribution in [3.63, 3.8) is 0 Å². The summed E-state index contributed by atoms with van der Waals surface area (Å²) in [5, 5.41) is 0. The van der Waals surface area contributed by atoms with Crippen LogP contribution in [-0.4, -0.2) is 34.8 Å². The minimum Gasteiger partial charge on any atom is -0.445 e. The molecule has 1 atom stereocenters. The average molecular weight is 347 g/mol. The molecule has 3 heterocycles. The molecule has 6 nitrogen and oxygen atoms in total. The third kappa shape index (κ3) is 2.84. The SMILES string of the molecule is CN(C)C1=Nc2occ(-c3ccccc3)c2C(N)N1Cc1ccccn1. The van der Waals surface area contributed by atoms with E-state index in [9.17, 15) is 0 Å². The van der Waals surface area contributed by atoms with Gasteiger partial charge >= 0.3 is 0 Å². The second-order valence-corrected chi connectivity index (χ2v) is 6.43. The van der Waals surface area contributed by atoms with E-state index in [2.05, 4.69) is 4.98 Å². The molecule has 0 radical (unpaired) electrons. The maximum absolute atomic E-state index is 6.68. The van der Waals surface area contributed by atoms with E-state index in [0.29, 0.717) is 12.4 Å². The number of hydrogen-bond donors (Lipinski definition) is 1. The first-order valence-electron chi connectivity index (χ1n) is 8.50. The molecule has 0 fully saturated rings. The normalized spacial score (nSPS) is 16.2. The number of rotatable bonds is 3. The van der Waals surface area contributed by atoms with Gasteiger partial charge in [-0.2, -0.15) is 4.99 Å². The lowest BCUT2D eigenvalue weighted by Gasteiger charge is -2.37. The summed E-state index contributed by atoms with van der Waals surface area (Å²) in [5.74, 6) is 1.32. The van der Waals surface area contributed by atoms with Gasteiger partial charge < -0.3 is 20.0 Å². The van der Waals surface area contributed by atoms with Crippen LogP contribution in [0.5, 0.6) is 0 Å². The maximum atomic E-state index is 6.68. The summed E-state index contributed by atoms with van der Waals surface area (Å²) in [6.45, 7) is 0.567. The monoisotopic (exact) mass is 347 g/mol. The zero-order chi connectivity index (χ0) is 18.1. The zero-order valence-corrected chi connectivity index (χ0v) is 14.8. The smallest absolute Gasteiger partial charge is 0.229 e. The third-order valence-electron chi connectivity index (χ3n) is 4.44. The highest BCUT2D eigenvalue weighted by molar-refractivity contribution is 5.86. The van der Waals surface area contributed by atoms with Crippen molar-refractivity contribution in [2.24, 2.45) is 10.7 Å². The van der Waals surface area contributed by atoms with Gasteiger partial charge in [0.15, 0.2) is 0 Å². The molecule has 132 valence electrons. The largest absolute Gasteiger partial charge is 0.445 e. The average Bonchev–Trinajstić information content (AvgIpc) is 3.09. The lowest BCUT2D eigenvalue weighted by molar-refractivity contribution is 0.270. The highest BCUT2D eigenvalue weighted by Gasteiger charge is 2.33. The van der Waals surface area contributed by atoms with Gasteiger partial charge in [0.05, 0.1) is 17.8 Å². The summed E-state index contributed by atoms with van der Waals surface area (Å²) >= 11 is 0. The zero-order valence-electron chi connectivity index (χ0n) is 14.8. The predicted molar refractivity (Wildman–Crippen MR) is 102 cm³/mol. The molecule has 26 heavy (non-hydrogen) atoms. The Morgan fingerprint density at radius 3 is 2.58 bits per heavy atom. The fourth-order valence-corrected chi connectivity index (χ4v) is 3.20. The summed E-state index contributed by atoms with van der Waals surface area (Å²) in [7, 11) is 3.89.